The van der Waals surface area contributed by atoms with Crippen LogP contribution in [0.1, 0.15) is 33.6 Å². The van der Waals surface area contributed by atoms with Gasteiger partial charge in [0, 0.05) is 38.4 Å². The first-order chi connectivity index (χ1) is 13.4. The monoisotopic (exact) mass is 387 g/mol. The highest BCUT2D eigenvalue weighted by molar-refractivity contribution is 5.75. The van der Waals surface area contributed by atoms with Gasteiger partial charge in [0.15, 0.2) is 0 Å². The van der Waals surface area contributed by atoms with E-state index in [1.54, 1.807) is 0 Å². The first kappa shape index (κ1) is 19.4. The highest BCUT2D eigenvalue weighted by Crippen LogP contribution is 2.43. The molecule has 28 heavy (non-hydrogen) atoms. The van der Waals surface area contributed by atoms with Crippen LogP contribution in [0.3, 0.4) is 0 Å². The number of fused-ring (bicyclic) bond motifs is 4. The van der Waals surface area contributed by atoms with Crippen LogP contribution < -0.4 is 9.64 Å². The lowest BCUT2D eigenvalue weighted by Gasteiger charge is -2.48. The summed E-state index contributed by atoms with van der Waals surface area (Å²) < 4.78 is 5.59. The van der Waals surface area contributed by atoms with Gasteiger partial charge in [0.1, 0.15) is 5.75 Å². The summed E-state index contributed by atoms with van der Waals surface area (Å²) >= 11 is 0. The molecule has 0 radical (unpaired) electrons. The van der Waals surface area contributed by atoms with E-state index in [4.69, 9.17) is 4.74 Å². The molecule has 4 aliphatic rings. The molecule has 0 unspecified atom stereocenters. The smallest absolute Gasteiger partial charge is 0.320 e. The quantitative estimate of drug-likeness (QED) is 0.867. The Labute approximate surface area is 168 Å². The molecule has 0 spiro atoms. The number of likely N-dealkylation sites (tertiary alicyclic amines) is 1. The lowest BCUT2D eigenvalue weighted by Crippen LogP contribution is -2.54. The second-order valence-corrected chi connectivity index (χ2v) is 9.23. The van der Waals surface area contributed by atoms with Crippen LogP contribution in [-0.2, 0) is 0 Å². The summed E-state index contributed by atoms with van der Waals surface area (Å²) in [6.45, 7) is 11.0. The largest absolute Gasteiger partial charge is 0.494 e. The highest BCUT2D eigenvalue weighted by atomic mass is 16.5. The summed E-state index contributed by atoms with van der Waals surface area (Å²) in [6.07, 6.45) is 1.46. The van der Waals surface area contributed by atoms with Gasteiger partial charge in [-0.2, -0.15) is 0 Å². The number of carbonyl (C=O) groups excluding carboxylic acids is 1. The van der Waals surface area contributed by atoms with Gasteiger partial charge in [-0.1, -0.05) is 13.8 Å². The zero-order valence-corrected chi connectivity index (χ0v) is 17.3. The molecule has 1 aromatic carbocycles. The molecule has 0 aromatic heterocycles. The molecule has 0 aliphatic carbocycles. The predicted molar refractivity (Wildman–Crippen MR) is 110 cm³/mol. The van der Waals surface area contributed by atoms with E-state index in [1.165, 1.54) is 5.69 Å². The third kappa shape index (κ3) is 3.66. The van der Waals surface area contributed by atoms with Crippen molar-refractivity contribution < 1.29 is 14.6 Å². The zero-order chi connectivity index (χ0) is 19.9. The van der Waals surface area contributed by atoms with Crippen molar-refractivity contribution in [1.29, 1.82) is 0 Å². The van der Waals surface area contributed by atoms with Crippen LogP contribution in [0.25, 0.3) is 0 Å². The summed E-state index contributed by atoms with van der Waals surface area (Å²) in [4.78, 5) is 19.5. The van der Waals surface area contributed by atoms with Gasteiger partial charge in [-0.25, -0.2) is 4.79 Å². The third-order valence-corrected chi connectivity index (χ3v) is 6.60. The number of carbonyl (C=O) groups is 1. The SMILES string of the molecule is CCOc1ccc(N2C[C@H]3CN(C(=O)N4CC[C@H](O)C4)C[C@@H]2C(C)(C)C3)cc1. The van der Waals surface area contributed by atoms with Crippen LogP contribution in [0.2, 0.25) is 0 Å². The molecular weight excluding hydrogens is 354 g/mol. The topological polar surface area (TPSA) is 56.2 Å². The van der Waals surface area contributed by atoms with Crippen LogP contribution in [0.5, 0.6) is 5.75 Å². The van der Waals surface area contributed by atoms with Gasteiger partial charge >= 0.3 is 6.03 Å². The van der Waals surface area contributed by atoms with Gasteiger partial charge < -0.3 is 24.5 Å². The number of hydrogen-bond acceptors (Lipinski definition) is 4. The standard InChI is InChI=1S/C22H33N3O3/c1-4-28-19-7-5-17(6-8-19)25-13-16-11-22(2,3)20(25)15-24(12-16)21(27)23-10-9-18(26)14-23/h5-8,16,18,20,26H,4,9-15H2,1-3H3/t16-,18+,20-/m1/s1. The minimum absolute atomic E-state index is 0.0952. The molecule has 3 atom stereocenters. The maximum atomic E-state index is 13.1. The number of ether oxygens (including phenoxy) is 1. The Hall–Kier alpha value is -1.95. The number of β-amino-alcohol motifs (C(OH)–C–C–N with tert-alkyl or cyclic N) is 1. The number of rotatable bonds is 3. The number of anilines is 1. The van der Waals surface area contributed by atoms with Gasteiger partial charge in [-0.05, 0) is 55.4 Å². The Morgan fingerprint density at radius 1 is 1.14 bits per heavy atom. The van der Waals surface area contributed by atoms with E-state index in [1.807, 2.05) is 28.9 Å². The number of hydrogen-bond donors (Lipinski definition) is 1. The fourth-order valence-electron chi connectivity index (χ4n) is 5.29. The first-order valence-corrected chi connectivity index (χ1v) is 10.6. The molecule has 0 saturated carbocycles. The number of amides is 2. The van der Waals surface area contributed by atoms with E-state index in [9.17, 15) is 9.90 Å². The van der Waals surface area contributed by atoms with Gasteiger partial charge in [-0.3, -0.25) is 0 Å². The molecule has 6 nitrogen and oxygen atoms in total. The lowest BCUT2D eigenvalue weighted by molar-refractivity contribution is 0.144. The molecule has 2 amide bonds. The Kier molecular flexibility index (Phi) is 5.17. The summed E-state index contributed by atoms with van der Waals surface area (Å²) in [6, 6.07) is 8.74. The number of urea groups is 1. The van der Waals surface area contributed by atoms with E-state index in [-0.39, 0.29) is 23.6 Å². The Bertz CT molecular complexity index is 705. The number of aliphatic hydroxyl groups excluding tert-OH is 1. The summed E-state index contributed by atoms with van der Waals surface area (Å²) in [7, 11) is 0. The minimum Gasteiger partial charge on any atom is -0.494 e. The molecule has 4 heterocycles. The molecule has 5 rings (SSSR count). The molecule has 6 heteroatoms. The Balaban J connectivity index is 1.55. The maximum Gasteiger partial charge on any atom is 0.320 e. The number of benzene rings is 1. The summed E-state index contributed by atoms with van der Waals surface area (Å²) in [5.74, 6) is 1.35. The number of aliphatic hydroxyl groups is 1. The van der Waals surface area contributed by atoms with Crippen LogP contribution in [0.15, 0.2) is 24.3 Å². The predicted octanol–water partition coefficient (Wildman–Crippen LogP) is 2.81. The van der Waals surface area contributed by atoms with Crippen LogP contribution in [-0.4, -0.2) is 72.4 Å². The fraction of sp³-hybridized carbons (Fsp3) is 0.682. The number of nitrogens with zero attached hydrogens (tertiary/aromatic N) is 3. The Morgan fingerprint density at radius 2 is 1.89 bits per heavy atom. The number of piperidine rings is 1. The van der Waals surface area contributed by atoms with Crippen molar-refractivity contribution >= 4 is 11.7 Å². The van der Waals surface area contributed by atoms with Crippen LogP contribution in [0.4, 0.5) is 10.5 Å². The molecule has 4 aliphatic heterocycles. The van der Waals surface area contributed by atoms with Crippen molar-refractivity contribution in [2.75, 3.05) is 44.2 Å². The highest BCUT2D eigenvalue weighted by Gasteiger charge is 2.47. The first-order valence-electron chi connectivity index (χ1n) is 10.6. The third-order valence-electron chi connectivity index (χ3n) is 6.60. The molecular formula is C22H33N3O3. The van der Waals surface area contributed by atoms with Gasteiger partial charge in [-0.15, -0.1) is 0 Å². The molecule has 154 valence electrons. The second-order valence-electron chi connectivity index (χ2n) is 9.23. The minimum atomic E-state index is -0.371. The van der Waals surface area contributed by atoms with Gasteiger partial charge in [0.05, 0.1) is 18.8 Å². The van der Waals surface area contributed by atoms with Crippen molar-refractivity contribution in [3.63, 3.8) is 0 Å². The van der Waals surface area contributed by atoms with Crippen molar-refractivity contribution in [3.8, 4) is 5.75 Å². The van der Waals surface area contributed by atoms with Crippen LogP contribution >= 0.6 is 0 Å². The maximum absolute atomic E-state index is 13.1. The summed E-state index contributed by atoms with van der Waals surface area (Å²) in [5.41, 5.74) is 1.35. The lowest BCUT2D eigenvalue weighted by atomic mass is 9.73. The average molecular weight is 388 g/mol. The summed E-state index contributed by atoms with van der Waals surface area (Å²) in [5, 5.41) is 9.82. The van der Waals surface area contributed by atoms with Crippen molar-refractivity contribution in [2.45, 2.75) is 45.8 Å². The van der Waals surface area contributed by atoms with E-state index < -0.39 is 0 Å². The van der Waals surface area contributed by atoms with Crippen LogP contribution in [0, 0.1) is 11.3 Å². The van der Waals surface area contributed by atoms with Crippen molar-refractivity contribution in [3.05, 3.63) is 24.3 Å². The van der Waals surface area contributed by atoms with E-state index in [2.05, 4.69) is 30.9 Å². The molecule has 4 fully saturated rings. The van der Waals surface area contributed by atoms with Crippen molar-refractivity contribution in [2.24, 2.45) is 11.3 Å². The molecule has 1 N–H and O–H groups in total. The van der Waals surface area contributed by atoms with E-state index in [0.29, 0.717) is 32.0 Å². The zero-order valence-electron chi connectivity index (χ0n) is 17.3. The molecule has 2 bridgehead atoms. The Morgan fingerprint density at radius 3 is 2.54 bits per heavy atom. The molecule has 1 aromatic rings. The van der Waals surface area contributed by atoms with Crippen molar-refractivity contribution in [1.82, 2.24) is 9.80 Å². The van der Waals surface area contributed by atoms with Gasteiger partial charge in [0.25, 0.3) is 0 Å². The van der Waals surface area contributed by atoms with E-state index >= 15 is 0 Å². The normalized spacial score (nSPS) is 29.1. The van der Waals surface area contributed by atoms with E-state index in [0.717, 1.165) is 31.8 Å². The van der Waals surface area contributed by atoms with Gasteiger partial charge in [0.2, 0.25) is 0 Å². The average Bonchev–Trinajstić information content (AvgIpc) is 2.93. The fourth-order valence-corrected chi connectivity index (χ4v) is 5.29. The second kappa shape index (κ2) is 7.47. The molecule has 4 saturated heterocycles.